The number of nitrogens with one attached hydrogen (secondary N) is 2. The van der Waals surface area contributed by atoms with Crippen LogP contribution in [-0.2, 0) is 9.53 Å². The zero-order valence-corrected chi connectivity index (χ0v) is 14.8. The first-order chi connectivity index (χ1) is 10.9. The molecule has 2 N–H and O–H groups in total. The predicted octanol–water partition coefficient (Wildman–Crippen LogP) is 2.97. The topological polar surface area (TPSA) is 50.4 Å². The summed E-state index contributed by atoms with van der Waals surface area (Å²) < 4.78 is 5.59. The first kappa shape index (κ1) is 18.0. The molecule has 23 heavy (non-hydrogen) atoms. The first-order valence-corrected chi connectivity index (χ1v) is 8.57. The van der Waals surface area contributed by atoms with Gasteiger partial charge in [0.15, 0.2) is 0 Å². The van der Waals surface area contributed by atoms with Crippen LogP contribution in [0, 0.1) is 12.3 Å². The smallest absolute Gasteiger partial charge is 0.311 e. The second-order valence-electron chi connectivity index (χ2n) is 7.51. The van der Waals surface area contributed by atoms with E-state index in [0.29, 0.717) is 12.6 Å². The number of rotatable bonds is 5. The maximum atomic E-state index is 12.1. The molecule has 1 aliphatic rings. The molecule has 1 aliphatic heterocycles. The fraction of sp³-hybridized carbons (Fsp3) is 0.632. The number of benzene rings is 1. The van der Waals surface area contributed by atoms with Crippen molar-refractivity contribution in [2.24, 2.45) is 5.41 Å². The van der Waals surface area contributed by atoms with Crippen molar-refractivity contribution in [3.05, 3.63) is 35.4 Å². The number of aryl methyl sites for hydroxylation is 1. The molecule has 4 heteroatoms. The summed E-state index contributed by atoms with van der Waals surface area (Å²) in [5, 5.41) is 7.07. The van der Waals surface area contributed by atoms with E-state index in [9.17, 15) is 4.79 Å². The molecular weight excluding hydrogens is 288 g/mol. The maximum absolute atomic E-state index is 12.1. The van der Waals surface area contributed by atoms with Gasteiger partial charge in [-0.25, -0.2) is 0 Å². The van der Waals surface area contributed by atoms with Crippen molar-refractivity contribution in [1.29, 1.82) is 0 Å². The molecule has 1 atom stereocenters. The van der Waals surface area contributed by atoms with Crippen LogP contribution >= 0.6 is 0 Å². The van der Waals surface area contributed by atoms with Crippen LogP contribution in [0.15, 0.2) is 24.3 Å². The second kappa shape index (κ2) is 7.93. The van der Waals surface area contributed by atoms with Crippen molar-refractivity contribution >= 4 is 5.97 Å². The summed E-state index contributed by atoms with van der Waals surface area (Å²) in [6.07, 6.45) is 2.21. The Labute approximate surface area is 140 Å². The Bertz CT molecular complexity index is 516. The summed E-state index contributed by atoms with van der Waals surface area (Å²) in [6.45, 7) is 10.2. The van der Waals surface area contributed by atoms with Gasteiger partial charge in [0.2, 0.25) is 0 Å². The zero-order chi connectivity index (χ0) is 16.9. The van der Waals surface area contributed by atoms with Gasteiger partial charge in [-0.15, -0.1) is 0 Å². The Morgan fingerprint density at radius 3 is 2.65 bits per heavy atom. The number of hydrogen-bond acceptors (Lipinski definition) is 4. The van der Waals surface area contributed by atoms with Gasteiger partial charge in [0, 0.05) is 6.04 Å². The van der Waals surface area contributed by atoms with Crippen LogP contribution in [0.2, 0.25) is 0 Å². The van der Waals surface area contributed by atoms with Crippen molar-refractivity contribution in [2.45, 2.75) is 52.6 Å². The highest BCUT2D eigenvalue weighted by Crippen LogP contribution is 2.21. The molecular formula is C19H30N2O2. The molecule has 0 aliphatic carbocycles. The number of esters is 1. The van der Waals surface area contributed by atoms with Gasteiger partial charge in [0.05, 0.1) is 11.5 Å². The van der Waals surface area contributed by atoms with E-state index in [0.717, 1.165) is 25.9 Å². The van der Waals surface area contributed by atoms with Crippen LogP contribution in [0.1, 0.15) is 50.8 Å². The lowest BCUT2D eigenvalue weighted by molar-refractivity contribution is -0.153. The van der Waals surface area contributed by atoms with Crippen molar-refractivity contribution < 1.29 is 9.53 Å². The van der Waals surface area contributed by atoms with E-state index in [1.807, 2.05) is 20.8 Å². The fourth-order valence-electron chi connectivity index (χ4n) is 2.78. The van der Waals surface area contributed by atoms with E-state index in [-0.39, 0.29) is 12.0 Å². The van der Waals surface area contributed by atoms with Gasteiger partial charge in [0.1, 0.15) is 6.61 Å². The summed E-state index contributed by atoms with van der Waals surface area (Å²) in [7, 11) is 0. The average Bonchev–Trinajstić information content (AvgIpc) is 2.51. The minimum atomic E-state index is -0.466. The van der Waals surface area contributed by atoms with E-state index in [2.05, 4.69) is 41.8 Å². The molecule has 0 unspecified atom stereocenters. The third-order valence-electron chi connectivity index (χ3n) is 4.21. The highest BCUT2D eigenvalue weighted by molar-refractivity contribution is 5.75. The molecule has 1 aromatic carbocycles. The molecule has 0 spiro atoms. The van der Waals surface area contributed by atoms with Crippen molar-refractivity contribution in [2.75, 3.05) is 19.7 Å². The second-order valence-corrected chi connectivity index (χ2v) is 7.51. The summed E-state index contributed by atoms with van der Waals surface area (Å²) >= 11 is 0. The third-order valence-corrected chi connectivity index (χ3v) is 4.21. The van der Waals surface area contributed by atoms with Gasteiger partial charge in [-0.1, -0.05) is 29.8 Å². The van der Waals surface area contributed by atoms with Gasteiger partial charge >= 0.3 is 5.97 Å². The van der Waals surface area contributed by atoms with Crippen LogP contribution in [0.5, 0.6) is 0 Å². The van der Waals surface area contributed by atoms with Crippen LogP contribution in [-0.4, -0.2) is 31.7 Å². The highest BCUT2D eigenvalue weighted by Gasteiger charge is 2.26. The molecule has 0 radical (unpaired) electrons. The quantitative estimate of drug-likeness (QED) is 0.820. The highest BCUT2D eigenvalue weighted by atomic mass is 16.5. The van der Waals surface area contributed by atoms with E-state index in [4.69, 9.17) is 4.74 Å². The molecule has 0 aromatic heterocycles. The van der Waals surface area contributed by atoms with E-state index >= 15 is 0 Å². The summed E-state index contributed by atoms with van der Waals surface area (Å²) in [6, 6.07) is 8.94. The Hall–Kier alpha value is -1.39. The van der Waals surface area contributed by atoms with Crippen LogP contribution in [0.4, 0.5) is 0 Å². The molecule has 1 aromatic rings. The molecule has 1 saturated heterocycles. The Balaban J connectivity index is 2.06. The van der Waals surface area contributed by atoms with Gasteiger partial charge in [0.25, 0.3) is 0 Å². The lowest BCUT2D eigenvalue weighted by Crippen LogP contribution is -2.43. The number of carbonyl (C=O) groups excluding carboxylic acids is 1. The SMILES string of the molecule is Cc1cccc([C@H](COC(=O)C(C)(C)C)NC2CCNCC2)c1. The fourth-order valence-corrected chi connectivity index (χ4v) is 2.78. The van der Waals surface area contributed by atoms with Crippen LogP contribution < -0.4 is 10.6 Å². The van der Waals surface area contributed by atoms with Crippen molar-refractivity contribution in [1.82, 2.24) is 10.6 Å². The molecule has 1 fully saturated rings. The van der Waals surface area contributed by atoms with Crippen molar-refractivity contribution in [3.8, 4) is 0 Å². The van der Waals surface area contributed by atoms with Crippen molar-refractivity contribution in [3.63, 3.8) is 0 Å². The van der Waals surface area contributed by atoms with Gasteiger partial charge in [-0.05, 0) is 59.2 Å². The van der Waals surface area contributed by atoms with Gasteiger partial charge in [-0.2, -0.15) is 0 Å². The lowest BCUT2D eigenvalue weighted by Gasteiger charge is -2.30. The third kappa shape index (κ3) is 5.63. The molecule has 1 heterocycles. The number of ether oxygens (including phenoxy) is 1. The summed E-state index contributed by atoms with van der Waals surface area (Å²) in [4.78, 5) is 12.1. The lowest BCUT2D eigenvalue weighted by atomic mass is 9.97. The molecule has 0 bridgehead atoms. The van der Waals surface area contributed by atoms with Crippen LogP contribution in [0.3, 0.4) is 0 Å². The molecule has 128 valence electrons. The predicted molar refractivity (Wildman–Crippen MR) is 93.4 cm³/mol. The minimum Gasteiger partial charge on any atom is -0.463 e. The average molecular weight is 318 g/mol. The van der Waals surface area contributed by atoms with E-state index < -0.39 is 5.41 Å². The van der Waals surface area contributed by atoms with Crippen LogP contribution in [0.25, 0.3) is 0 Å². The monoisotopic (exact) mass is 318 g/mol. The molecule has 2 rings (SSSR count). The Morgan fingerprint density at radius 2 is 2.04 bits per heavy atom. The number of hydrogen-bond donors (Lipinski definition) is 2. The normalized spacial score (nSPS) is 17.7. The van der Waals surface area contributed by atoms with Gasteiger partial charge < -0.3 is 15.4 Å². The minimum absolute atomic E-state index is 0.0456. The molecule has 0 saturated carbocycles. The summed E-state index contributed by atoms with van der Waals surface area (Å²) in [5.41, 5.74) is 1.94. The maximum Gasteiger partial charge on any atom is 0.311 e. The first-order valence-electron chi connectivity index (χ1n) is 8.57. The van der Waals surface area contributed by atoms with E-state index in [1.54, 1.807) is 0 Å². The Morgan fingerprint density at radius 1 is 1.35 bits per heavy atom. The summed E-state index contributed by atoms with van der Waals surface area (Å²) in [5.74, 6) is -0.151. The van der Waals surface area contributed by atoms with Gasteiger partial charge in [-0.3, -0.25) is 4.79 Å². The Kier molecular flexibility index (Phi) is 6.19. The molecule has 0 amide bonds. The molecule has 4 nitrogen and oxygen atoms in total. The number of carbonyl (C=O) groups is 1. The number of piperidine rings is 1. The zero-order valence-electron chi connectivity index (χ0n) is 14.8. The van der Waals surface area contributed by atoms with E-state index in [1.165, 1.54) is 11.1 Å². The standard InChI is InChI=1S/C19H30N2O2/c1-14-6-5-7-15(12-14)17(13-23-18(22)19(2,3)4)21-16-8-10-20-11-9-16/h5-7,12,16-17,20-21H,8-11,13H2,1-4H3/t17-/m0/s1. The largest absolute Gasteiger partial charge is 0.463 e.